The van der Waals surface area contributed by atoms with E-state index in [1.807, 2.05) is 60.7 Å². The second-order valence-electron chi connectivity index (χ2n) is 7.97. The molecule has 2 aliphatic rings. The molecule has 1 aromatic heterocycles. The van der Waals surface area contributed by atoms with Gasteiger partial charge < -0.3 is 17.9 Å². The Balaban J connectivity index is 1.73. The molecule has 3 heterocycles. The van der Waals surface area contributed by atoms with Gasteiger partial charge in [-0.15, -0.1) is 0 Å². The van der Waals surface area contributed by atoms with Crippen LogP contribution < -0.4 is 4.48 Å². The molecule has 0 atom stereocenters. The number of benzene rings is 3. The lowest BCUT2D eigenvalue weighted by atomic mass is 9.86. The van der Waals surface area contributed by atoms with Crippen LogP contribution in [-0.4, -0.2) is 17.7 Å². The SMILES string of the molecule is O=C1C(c2ccccc2)=C(c2cccc3ccccc23)C2=Cc3cccc[n+]3[B-](F)(F)N12. The third kappa shape index (κ3) is 2.53. The highest BCUT2D eigenvalue weighted by molar-refractivity contribution is 6.62. The Bertz CT molecular complexity index is 1470. The fourth-order valence-electron chi connectivity index (χ4n) is 4.76. The zero-order chi connectivity index (χ0) is 21.9. The number of carbonyl (C=O) groups is 1. The molecule has 0 saturated carbocycles. The van der Waals surface area contributed by atoms with E-state index in [1.54, 1.807) is 36.4 Å². The number of aromatic nitrogens is 1. The highest BCUT2D eigenvalue weighted by atomic mass is 19.2. The van der Waals surface area contributed by atoms with Gasteiger partial charge in [0.2, 0.25) is 5.91 Å². The van der Waals surface area contributed by atoms with Gasteiger partial charge >= 0.3 is 6.97 Å². The van der Waals surface area contributed by atoms with E-state index in [9.17, 15) is 4.79 Å². The first kappa shape index (κ1) is 18.7. The summed E-state index contributed by atoms with van der Waals surface area (Å²) in [4.78, 5) is 14.3. The summed E-state index contributed by atoms with van der Waals surface area (Å²) in [5.74, 6) is -0.683. The first-order valence-electron chi connectivity index (χ1n) is 10.4. The standard InChI is InChI=1S/C26H17BF2N2O/c28-27(29)30-16-7-6-13-20(30)17-23-25(22-15-8-12-18-9-4-5-14-21(18)22)24(26(32)31(23)27)19-10-2-1-3-11-19/h1-17H. The maximum absolute atomic E-state index is 15.8. The number of fused-ring (bicyclic) bond motifs is 3. The molecule has 6 rings (SSSR count). The van der Waals surface area contributed by atoms with Crippen molar-refractivity contribution in [3.63, 3.8) is 0 Å². The summed E-state index contributed by atoms with van der Waals surface area (Å²) < 4.78 is 32.4. The van der Waals surface area contributed by atoms with Gasteiger partial charge in [-0.2, -0.15) is 0 Å². The number of halogens is 2. The minimum absolute atomic E-state index is 0.237. The molecule has 0 bridgehead atoms. The van der Waals surface area contributed by atoms with E-state index in [2.05, 4.69) is 0 Å². The normalized spacial score (nSPS) is 16.8. The summed E-state index contributed by atoms with van der Waals surface area (Å²) in [6.07, 6.45) is 3.01. The van der Waals surface area contributed by atoms with Gasteiger partial charge in [0.15, 0.2) is 5.69 Å². The molecule has 154 valence electrons. The van der Waals surface area contributed by atoms with Crippen LogP contribution in [0.15, 0.2) is 103 Å². The molecular weight excluding hydrogens is 405 g/mol. The van der Waals surface area contributed by atoms with Crippen LogP contribution in [0.2, 0.25) is 0 Å². The Morgan fingerprint density at radius 3 is 2.31 bits per heavy atom. The first-order valence-corrected chi connectivity index (χ1v) is 10.4. The van der Waals surface area contributed by atoms with Crippen molar-refractivity contribution in [3.8, 4) is 0 Å². The highest BCUT2D eigenvalue weighted by Crippen LogP contribution is 2.47. The topological polar surface area (TPSA) is 24.2 Å². The second-order valence-corrected chi connectivity index (χ2v) is 7.97. The van der Waals surface area contributed by atoms with Crippen LogP contribution in [0, 0.1) is 0 Å². The molecule has 0 unspecified atom stereocenters. The quantitative estimate of drug-likeness (QED) is 0.410. The fourth-order valence-corrected chi connectivity index (χ4v) is 4.76. The van der Waals surface area contributed by atoms with Crippen LogP contribution in [-0.2, 0) is 4.79 Å². The van der Waals surface area contributed by atoms with Crippen molar-refractivity contribution < 1.29 is 17.9 Å². The molecule has 2 aliphatic heterocycles. The van der Waals surface area contributed by atoms with Crippen LogP contribution in [0.5, 0.6) is 0 Å². The summed E-state index contributed by atoms with van der Waals surface area (Å²) in [6, 6.07) is 27.6. The van der Waals surface area contributed by atoms with Crippen molar-refractivity contribution in [2.45, 2.75) is 0 Å². The molecule has 32 heavy (non-hydrogen) atoms. The van der Waals surface area contributed by atoms with Crippen molar-refractivity contribution in [2.75, 3.05) is 0 Å². The van der Waals surface area contributed by atoms with Crippen molar-refractivity contribution in [2.24, 2.45) is 0 Å². The number of allylic oxidation sites excluding steroid dienone is 1. The van der Waals surface area contributed by atoms with E-state index in [1.165, 1.54) is 6.20 Å². The minimum atomic E-state index is -4.34. The second kappa shape index (κ2) is 6.72. The van der Waals surface area contributed by atoms with Crippen LogP contribution in [0.4, 0.5) is 8.63 Å². The summed E-state index contributed by atoms with van der Waals surface area (Å²) >= 11 is 0. The zero-order valence-electron chi connectivity index (χ0n) is 17.0. The molecule has 0 spiro atoms. The minimum Gasteiger partial charge on any atom is -0.389 e. The summed E-state index contributed by atoms with van der Waals surface area (Å²) in [7, 11) is 0. The van der Waals surface area contributed by atoms with Crippen LogP contribution in [0.25, 0.3) is 28.0 Å². The van der Waals surface area contributed by atoms with Crippen LogP contribution >= 0.6 is 0 Å². The Morgan fingerprint density at radius 2 is 1.47 bits per heavy atom. The highest BCUT2D eigenvalue weighted by Gasteiger charge is 2.58. The maximum Gasteiger partial charge on any atom is 0.739 e. The largest absolute Gasteiger partial charge is 0.739 e. The number of pyridine rings is 1. The van der Waals surface area contributed by atoms with E-state index in [4.69, 9.17) is 0 Å². The predicted octanol–water partition coefficient (Wildman–Crippen LogP) is 5.16. The third-order valence-electron chi connectivity index (χ3n) is 6.17. The Hall–Kier alpha value is -4.06. The number of rotatable bonds is 2. The van der Waals surface area contributed by atoms with Crippen LogP contribution in [0.3, 0.4) is 0 Å². The fraction of sp³-hybridized carbons (Fsp3) is 0. The number of hydrogen-bond donors (Lipinski definition) is 0. The molecule has 3 aromatic carbocycles. The number of hydrogen-bond acceptors (Lipinski definition) is 1. The van der Waals surface area contributed by atoms with Gasteiger partial charge in [0.25, 0.3) is 0 Å². The lowest BCUT2D eigenvalue weighted by Gasteiger charge is -2.35. The Morgan fingerprint density at radius 1 is 0.750 bits per heavy atom. The van der Waals surface area contributed by atoms with E-state index in [0.29, 0.717) is 27.2 Å². The maximum atomic E-state index is 15.8. The van der Waals surface area contributed by atoms with Gasteiger partial charge in [-0.05, 0) is 28.0 Å². The lowest BCUT2D eigenvalue weighted by molar-refractivity contribution is -0.576. The van der Waals surface area contributed by atoms with E-state index < -0.39 is 12.9 Å². The summed E-state index contributed by atoms with van der Waals surface area (Å²) in [6.45, 7) is -4.34. The number of amides is 1. The zero-order valence-corrected chi connectivity index (χ0v) is 17.0. The molecule has 1 amide bonds. The Kier molecular flexibility index (Phi) is 3.93. The van der Waals surface area contributed by atoms with Crippen molar-refractivity contribution in [3.05, 3.63) is 120 Å². The van der Waals surface area contributed by atoms with Gasteiger partial charge in [-0.1, -0.05) is 78.9 Å². The molecule has 0 radical (unpaired) electrons. The molecule has 0 N–H and O–H groups in total. The first-order chi connectivity index (χ1) is 15.6. The average molecular weight is 422 g/mol. The molecule has 0 aliphatic carbocycles. The van der Waals surface area contributed by atoms with E-state index >= 15 is 8.63 Å². The van der Waals surface area contributed by atoms with Crippen molar-refractivity contribution in [1.29, 1.82) is 0 Å². The van der Waals surface area contributed by atoms with E-state index in [0.717, 1.165) is 20.8 Å². The van der Waals surface area contributed by atoms with Gasteiger partial charge in [-0.3, -0.25) is 4.79 Å². The number of nitrogens with zero attached hydrogens (tertiary/aromatic N) is 2. The molecular formula is C26H17BF2N2O. The summed E-state index contributed by atoms with van der Waals surface area (Å²) in [5.41, 5.74) is 2.82. The molecule has 0 saturated heterocycles. The predicted molar refractivity (Wildman–Crippen MR) is 122 cm³/mol. The molecule has 3 nitrogen and oxygen atoms in total. The van der Waals surface area contributed by atoms with Gasteiger partial charge in [-0.25, -0.2) is 0 Å². The van der Waals surface area contributed by atoms with Crippen LogP contribution in [0.1, 0.15) is 16.8 Å². The molecule has 4 aromatic rings. The monoisotopic (exact) mass is 422 g/mol. The van der Waals surface area contributed by atoms with E-state index in [-0.39, 0.29) is 5.70 Å². The van der Waals surface area contributed by atoms with Crippen molar-refractivity contribution in [1.82, 2.24) is 4.81 Å². The number of carbonyl (C=O) groups excluding carboxylic acids is 1. The third-order valence-corrected chi connectivity index (χ3v) is 6.17. The molecule has 0 fully saturated rings. The van der Waals surface area contributed by atoms with Gasteiger partial charge in [0.1, 0.15) is 6.20 Å². The lowest BCUT2D eigenvalue weighted by Crippen LogP contribution is -2.71. The summed E-state index contributed by atoms with van der Waals surface area (Å²) in [5, 5.41) is 1.90. The van der Waals surface area contributed by atoms with Crippen molar-refractivity contribution >= 4 is 40.9 Å². The van der Waals surface area contributed by atoms with Gasteiger partial charge in [0.05, 0.1) is 5.57 Å². The Labute approximate surface area is 183 Å². The molecule has 6 heteroatoms. The smallest absolute Gasteiger partial charge is 0.389 e. The average Bonchev–Trinajstić information content (AvgIpc) is 3.12. The van der Waals surface area contributed by atoms with Gasteiger partial charge in [0, 0.05) is 23.4 Å².